The van der Waals surface area contributed by atoms with Crippen LogP contribution < -0.4 is 10.6 Å². The molecule has 2 amide bonds. The van der Waals surface area contributed by atoms with Crippen LogP contribution in [0.5, 0.6) is 0 Å². The Hall–Kier alpha value is -3.57. The van der Waals surface area contributed by atoms with Crippen molar-refractivity contribution in [2.45, 2.75) is 34.2 Å². The summed E-state index contributed by atoms with van der Waals surface area (Å²) in [7, 11) is 0. The van der Waals surface area contributed by atoms with Crippen molar-refractivity contribution in [2.75, 3.05) is 11.9 Å². The molecule has 0 aliphatic heterocycles. The molecule has 1 aromatic heterocycles. The topological polar surface area (TPSA) is 63.1 Å². The molecule has 180 valence electrons. The molecule has 2 N–H and O–H groups in total. The zero-order chi connectivity index (χ0) is 25.1. The second-order valence-electron chi connectivity index (χ2n) is 9.36. The van der Waals surface area contributed by atoms with Crippen molar-refractivity contribution in [3.05, 3.63) is 99.7 Å². The van der Waals surface area contributed by atoms with Gasteiger partial charge in [0.2, 0.25) is 0 Å². The first-order valence-corrected chi connectivity index (χ1v) is 12.1. The summed E-state index contributed by atoms with van der Waals surface area (Å²) in [6.07, 6.45) is 0. The first kappa shape index (κ1) is 24.6. The summed E-state index contributed by atoms with van der Waals surface area (Å²) in [6, 6.07) is 20.9. The lowest BCUT2D eigenvalue weighted by molar-refractivity contribution is 0.0940. The minimum absolute atomic E-state index is 0.109. The third-order valence-electron chi connectivity index (χ3n) is 6.01. The predicted octanol–water partition coefficient (Wildman–Crippen LogP) is 6.60. The van der Waals surface area contributed by atoms with Crippen molar-refractivity contribution < 1.29 is 9.59 Å². The SMILES string of the molecule is Cc1ccc(C)c(Cn2c(C(=O)NCC(C)C)cc3cc(NC(=O)c4ccccc4Cl)ccc32)c1. The van der Waals surface area contributed by atoms with Gasteiger partial charge in [-0.3, -0.25) is 9.59 Å². The van der Waals surface area contributed by atoms with E-state index in [0.717, 1.165) is 16.5 Å². The molecule has 0 aliphatic rings. The van der Waals surface area contributed by atoms with Crippen LogP contribution in [0.25, 0.3) is 10.9 Å². The van der Waals surface area contributed by atoms with Gasteiger partial charge >= 0.3 is 0 Å². The van der Waals surface area contributed by atoms with Crippen LogP contribution in [0, 0.1) is 19.8 Å². The van der Waals surface area contributed by atoms with E-state index in [4.69, 9.17) is 11.6 Å². The molecule has 0 saturated heterocycles. The molecule has 0 saturated carbocycles. The molecule has 0 radical (unpaired) electrons. The monoisotopic (exact) mass is 487 g/mol. The maximum atomic E-state index is 13.2. The Kier molecular flexibility index (Phi) is 7.27. The number of aromatic nitrogens is 1. The molecule has 4 aromatic rings. The van der Waals surface area contributed by atoms with E-state index in [1.54, 1.807) is 24.3 Å². The van der Waals surface area contributed by atoms with Crippen molar-refractivity contribution >= 4 is 40.0 Å². The number of hydrogen-bond donors (Lipinski definition) is 2. The molecule has 0 atom stereocenters. The molecule has 0 bridgehead atoms. The standard InChI is InChI=1S/C29H30ClN3O2/c1-18(2)16-31-29(35)27-15-21-14-23(32-28(34)24-7-5-6-8-25(24)30)11-12-26(21)33(27)17-22-13-19(3)9-10-20(22)4/h5-15,18H,16-17H2,1-4H3,(H,31,35)(H,32,34). The number of carbonyl (C=O) groups is 2. The summed E-state index contributed by atoms with van der Waals surface area (Å²) in [5.41, 5.74) is 6.09. The Morgan fingerprint density at radius 3 is 2.46 bits per heavy atom. The van der Waals surface area contributed by atoms with Gasteiger partial charge in [-0.15, -0.1) is 0 Å². The number of anilines is 1. The number of nitrogens with zero attached hydrogens (tertiary/aromatic N) is 1. The lowest BCUT2D eigenvalue weighted by Crippen LogP contribution is -2.29. The Balaban J connectivity index is 1.72. The van der Waals surface area contributed by atoms with Crippen LogP contribution in [-0.4, -0.2) is 22.9 Å². The zero-order valence-electron chi connectivity index (χ0n) is 20.5. The molecule has 1 heterocycles. The molecule has 0 spiro atoms. The summed E-state index contributed by atoms with van der Waals surface area (Å²) >= 11 is 6.18. The van der Waals surface area contributed by atoms with Crippen LogP contribution in [-0.2, 0) is 6.54 Å². The largest absolute Gasteiger partial charge is 0.351 e. The average Bonchev–Trinajstić information content (AvgIpc) is 3.17. The quantitative estimate of drug-likeness (QED) is 0.308. The Morgan fingerprint density at radius 2 is 1.71 bits per heavy atom. The first-order valence-electron chi connectivity index (χ1n) is 11.8. The second kappa shape index (κ2) is 10.4. The highest BCUT2D eigenvalue weighted by Crippen LogP contribution is 2.27. The van der Waals surface area contributed by atoms with Gasteiger partial charge in [0.05, 0.1) is 10.6 Å². The van der Waals surface area contributed by atoms with Crippen LogP contribution in [0.4, 0.5) is 5.69 Å². The van der Waals surface area contributed by atoms with Crippen molar-refractivity contribution in [1.29, 1.82) is 0 Å². The van der Waals surface area contributed by atoms with Crippen LogP contribution in [0.1, 0.15) is 51.4 Å². The Bertz CT molecular complexity index is 1400. The van der Waals surface area contributed by atoms with Gasteiger partial charge in [-0.2, -0.15) is 0 Å². The molecular formula is C29H30ClN3O2. The molecule has 35 heavy (non-hydrogen) atoms. The van der Waals surface area contributed by atoms with E-state index in [2.05, 4.69) is 56.5 Å². The highest BCUT2D eigenvalue weighted by Gasteiger charge is 2.18. The van der Waals surface area contributed by atoms with Gasteiger partial charge in [0.1, 0.15) is 5.69 Å². The normalized spacial score (nSPS) is 11.1. The minimum atomic E-state index is -0.278. The smallest absolute Gasteiger partial charge is 0.267 e. The molecule has 4 rings (SSSR count). The maximum Gasteiger partial charge on any atom is 0.267 e. The number of rotatable bonds is 7. The number of halogens is 1. The Labute approximate surface area is 211 Å². The third kappa shape index (κ3) is 5.57. The Morgan fingerprint density at radius 1 is 0.943 bits per heavy atom. The number of carbonyl (C=O) groups excluding carboxylic acids is 2. The van der Waals surface area contributed by atoms with E-state index in [0.29, 0.717) is 41.0 Å². The van der Waals surface area contributed by atoms with E-state index in [1.807, 2.05) is 28.8 Å². The van der Waals surface area contributed by atoms with E-state index in [1.165, 1.54) is 11.1 Å². The lowest BCUT2D eigenvalue weighted by Gasteiger charge is -2.14. The molecule has 0 aliphatic carbocycles. The number of hydrogen-bond acceptors (Lipinski definition) is 2. The third-order valence-corrected chi connectivity index (χ3v) is 6.34. The number of nitrogens with one attached hydrogen (secondary N) is 2. The summed E-state index contributed by atoms with van der Waals surface area (Å²) < 4.78 is 2.05. The molecular weight excluding hydrogens is 458 g/mol. The van der Waals surface area contributed by atoms with Crippen LogP contribution in [0.2, 0.25) is 5.02 Å². The maximum absolute atomic E-state index is 13.2. The van der Waals surface area contributed by atoms with Crippen molar-refractivity contribution in [2.24, 2.45) is 5.92 Å². The van der Waals surface area contributed by atoms with Gasteiger partial charge in [0.15, 0.2) is 0 Å². The fourth-order valence-corrected chi connectivity index (χ4v) is 4.30. The molecule has 0 fully saturated rings. The van der Waals surface area contributed by atoms with Gasteiger partial charge in [-0.1, -0.05) is 61.3 Å². The minimum Gasteiger partial charge on any atom is -0.351 e. The fraction of sp³-hybridized carbons (Fsp3) is 0.241. The fourth-order valence-electron chi connectivity index (χ4n) is 4.08. The predicted molar refractivity (Wildman–Crippen MR) is 144 cm³/mol. The lowest BCUT2D eigenvalue weighted by atomic mass is 10.1. The van der Waals surface area contributed by atoms with Gasteiger partial charge < -0.3 is 15.2 Å². The van der Waals surface area contributed by atoms with E-state index >= 15 is 0 Å². The van der Waals surface area contributed by atoms with Gasteiger partial charge in [0, 0.05) is 29.7 Å². The number of fused-ring (bicyclic) bond motifs is 1. The van der Waals surface area contributed by atoms with Gasteiger partial charge in [0.25, 0.3) is 11.8 Å². The van der Waals surface area contributed by atoms with Gasteiger partial charge in [-0.25, -0.2) is 0 Å². The van der Waals surface area contributed by atoms with Crippen molar-refractivity contribution in [3.8, 4) is 0 Å². The van der Waals surface area contributed by atoms with Crippen LogP contribution in [0.3, 0.4) is 0 Å². The molecule has 6 heteroatoms. The van der Waals surface area contributed by atoms with E-state index in [9.17, 15) is 9.59 Å². The van der Waals surface area contributed by atoms with Crippen molar-refractivity contribution in [1.82, 2.24) is 9.88 Å². The highest BCUT2D eigenvalue weighted by molar-refractivity contribution is 6.34. The zero-order valence-corrected chi connectivity index (χ0v) is 21.2. The molecule has 5 nitrogen and oxygen atoms in total. The summed E-state index contributed by atoms with van der Waals surface area (Å²) in [4.78, 5) is 25.9. The number of amides is 2. The second-order valence-corrected chi connectivity index (χ2v) is 9.76. The van der Waals surface area contributed by atoms with E-state index < -0.39 is 0 Å². The van der Waals surface area contributed by atoms with Gasteiger partial charge in [-0.05, 0) is 67.3 Å². The summed E-state index contributed by atoms with van der Waals surface area (Å²) in [6.45, 7) is 9.47. The highest BCUT2D eigenvalue weighted by atomic mass is 35.5. The van der Waals surface area contributed by atoms with Crippen LogP contribution in [0.15, 0.2) is 66.7 Å². The molecule has 3 aromatic carbocycles. The number of benzene rings is 3. The van der Waals surface area contributed by atoms with Crippen LogP contribution >= 0.6 is 11.6 Å². The van der Waals surface area contributed by atoms with Crippen molar-refractivity contribution in [3.63, 3.8) is 0 Å². The van der Waals surface area contributed by atoms with E-state index in [-0.39, 0.29) is 11.8 Å². The summed E-state index contributed by atoms with van der Waals surface area (Å²) in [5, 5.41) is 7.24. The average molecular weight is 488 g/mol. The number of aryl methyl sites for hydroxylation is 2. The first-order chi connectivity index (χ1) is 16.7. The molecule has 0 unspecified atom stereocenters. The summed E-state index contributed by atoms with van der Waals surface area (Å²) in [5.74, 6) is -0.0380.